The van der Waals surface area contributed by atoms with Crippen molar-refractivity contribution in [3.63, 3.8) is 0 Å². The van der Waals surface area contributed by atoms with Crippen LogP contribution in [-0.2, 0) is 17.6 Å². The van der Waals surface area contributed by atoms with Crippen molar-refractivity contribution < 1.29 is 24.1 Å². The predicted molar refractivity (Wildman–Crippen MR) is 126 cm³/mol. The van der Waals surface area contributed by atoms with Gasteiger partial charge in [-0.15, -0.1) is 0 Å². The van der Waals surface area contributed by atoms with E-state index < -0.39 is 5.97 Å². The van der Waals surface area contributed by atoms with Crippen LogP contribution in [0.4, 0.5) is 0 Å². The summed E-state index contributed by atoms with van der Waals surface area (Å²) in [7, 11) is 0. The van der Waals surface area contributed by atoms with Crippen LogP contribution in [0.25, 0.3) is 0 Å². The Hall–Kier alpha value is -3.03. The summed E-state index contributed by atoms with van der Waals surface area (Å²) in [5, 5.41) is 9.76. The number of hydrogen-bond acceptors (Lipinski definition) is 6. The highest BCUT2D eigenvalue weighted by atomic mass is 35.5. The first-order valence-electron chi connectivity index (χ1n) is 10.4. The first kappa shape index (κ1) is 24.6. The maximum absolute atomic E-state index is 11.0. The number of aliphatic carboxylic acids is 1. The molecule has 3 rings (SSSR count). The monoisotopic (exact) mass is 490 g/mol. The van der Waals surface area contributed by atoms with Gasteiger partial charge in [0.25, 0.3) is 0 Å². The van der Waals surface area contributed by atoms with E-state index in [4.69, 9.17) is 42.5 Å². The molecule has 0 aliphatic heterocycles. The Kier molecular flexibility index (Phi) is 8.74. The highest BCUT2D eigenvalue weighted by molar-refractivity contribution is 6.35. The second kappa shape index (κ2) is 11.7. The number of ether oxygens (including phenoxy) is 3. The summed E-state index contributed by atoms with van der Waals surface area (Å²) in [6, 6.07) is 10.5. The van der Waals surface area contributed by atoms with Gasteiger partial charge in [0.15, 0.2) is 0 Å². The maximum atomic E-state index is 11.0. The van der Waals surface area contributed by atoms with Gasteiger partial charge in [0, 0.05) is 24.0 Å². The van der Waals surface area contributed by atoms with Crippen molar-refractivity contribution in [2.75, 3.05) is 6.61 Å². The topological polar surface area (TPSA) is 90.8 Å². The summed E-state index contributed by atoms with van der Waals surface area (Å²) in [4.78, 5) is 19.3. The smallest absolute Gasteiger partial charge is 0.308 e. The molecule has 3 aromatic rings. The lowest BCUT2D eigenvalue weighted by atomic mass is 10.1. The molecule has 0 bridgehead atoms. The Morgan fingerprint density at radius 1 is 1.09 bits per heavy atom. The van der Waals surface area contributed by atoms with Crippen LogP contribution in [0.5, 0.6) is 23.3 Å². The molecule has 0 radical (unpaired) electrons. The molecular weight excluding hydrogens is 467 g/mol. The number of carbonyl (C=O) groups is 1. The molecule has 7 nitrogen and oxygen atoms in total. The van der Waals surface area contributed by atoms with E-state index in [1.54, 1.807) is 30.5 Å². The summed E-state index contributed by atoms with van der Waals surface area (Å²) in [5.74, 6) is 0.861. The van der Waals surface area contributed by atoms with Crippen LogP contribution in [0.3, 0.4) is 0 Å². The number of hydrogen-bond donors (Lipinski definition) is 1. The van der Waals surface area contributed by atoms with Crippen molar-refractivity contribution in [3.8, 4) is 23.3 Å². The van der Waals surface area contributed by atoms with Crippen LogP contribution in [0, 0.1) is 0 Å². The minimum Gasteiger partial charge on any atom is -0.491 e. The lowest BCUT2D eigenvalue weighted by Crippen LogP contribution is -2.08. The summed E-state index contributed by atoms with van der Waals surface area (Å²) < 4.78 is 17.5. The average Bonchev–Trinajstić information content (AvgIpc) is 2.74. The highest BCUT2D eigenvalue weighted by Gasteiger charge is 2.13. The van der Waals surface area contributed by atoms with E-state index in [2.05, 4.69) is 9.97 Å². The second-order valence-corrected chi connectivity index (χ2v) is 8.31. The van der Waals surface area contributed by atoms with Crippen molar-refractivity contribution >= 4 is 29.2 Å². The van der Waals surface area contributed by atoms with E-state index in [9.17, 15) is 4.79 Å². The fraction of sp³-hybridized carbons (Fsp3) is 0.292. The van der Waals surface area contributed by atoms with Crippen LogP contribution in [-0.4, -0.2) is 33.8 Å². The van der Waals surface area contributed by atoms with Gasteiger partial charge in [-0.3, -0.25) is 4.79 Å². The predicted octanol–water partition coefficient (Wildman–Crippen LogP) is 6.00. The number of carboxylic acid groups (broad SMARTS) is 1. The third-order valence-electron chi connectivity index (χ3n) is 4.41. The first-order chi connectivity index (χ1) is 15.8. The Morgan fingerprint density at radius 3 is 2.64 bits per heavy atom. The molecule has 33 heavy (non-hydrogen) atoms. The van der Waals surface area contributed by atoms with Gasteiger partial charge in [-0.1, -0.05) is 35.3 Å². The molecule has 0 saturated carbocycles. The number of aryl methyl sites for hydroxylation is 1. The normalized spacial score (nSPS) is 10.8. The van der Waals surface area contributed by atoms with Gasteiger partial charge < -0.3 is 19.3 Å². The number of pyridine rings is 2. The maximum Gasteiger partial charge on any atom is 0.308 e. The van der Waals surface area contributed by atoms with Gasteiger partial charge in [0.05, 0.1) is 24.2 Å². The molecule has 1 aromatic carbocycles. The van der Waals surface area contributed by atoms with Gasteiger partial charge in [-0.25, -0.2) is 9.97 Å². The molecule has 0 aliphatic carbocycles. The highest BCUT2D eigenvalue weighted by Crippen LogP contribution is 2.34. The number of halogens is 2. The third kappa shape index (κ3) is 7.51. The Bertz CT molecular complexity index is 1110. The van der Waals surface area contributed by atoms with Crippen LogP contribution in [0.15, 0.2) is 48.8 Å². The zero-order chi connectivity index (χ0) is 23.8. The molecule has 0 atom stereocenters. The summed E-state index contributed by atoms with van der Waals surface area (Å²) in [6.07, 6.45) is 4.17. The Balaban J connectivity index is 1.71. The lowest BCUT2D eigenvalue weighted by Gasteiger charge is -2.15. The van der Waals surface area contributed by atoms with E-state index in [0.29, 0.717) is 52.4 Å². The number of benzene rings is 1. The number of rotatable bonds is 11. The molecule has 0 fully saturated rings. The Morgan fingerprint density at radius 2 is 1.91 bits per heavy atom. The zero-order valence-electron chi connectivity index (χ0n) is 18.3. The van der Waals surface area contributed by atoms with Crippen molar-refractivity contribution in [2.24, 2.45) is 0 Å². The van der Waals surface area contributed by atoms with Crippen molar-refractivity contribution in [1.29, 1.82) is 0 Å². The van der Waals surface area contributed by atoms with Crippen molar-refractivity contribution in [2.45, 2.75) is 39.2 Å². The third-order valence-corrected chi connectivity index (χ3v) is 4.89. The van der Waals surface area contributed by atoms with Crippen LogP contribution >= 0.6 is 23.2 Å². The van der Waals surface area contributed by atoms with Gasteiger partial charge in [-0.05, 0) is 50.5 Å². The molecule has 1 N–H and O–H groups in total. The lowest BCUT2D eigenvalue weighted by molar-refractivity contribution is -0.136. The molecule has 0 saturated heterocycles. The summed E-state index contributed by atoms with van der Waals surface area (Å²) in [5.41, 5.74) is 1.45. The molecule has 9 heteroatoms. The molecular formula is C24H24Cl2N2O5. The molecule has 0 amide bonds. The van der Waals surface area contributed by atoms with Crippen molar-refractivity contribution in [3.05, 3.63) is 70.0 Å². The molecule has 174 valence electrons. The molecule has 0 aliphatic rings. The summed E-state index contributed by atoms with van der Waals surface area (Å²) >= 11 is 12.2. The van der Waals surface area contributed by atoms with Crippen molar-refractivity contribution in [1.82, 2.24) is 9.97 Å². The Labute approximate surface area is 202 Å². The first-order valence-corrected chi connectivity index (χ1v) is 11.1. The minimum atomic E-state index is -0.937. The molecule has 2 aromatic heterocycles. The van der Waals surface area contributed by atoms with Crippen LogP contribution in [0.1, 0.15) is 31.4 Å². The van der Waals surface area contributed by atoms with Gasteiger partial charge in [-0.2, -0.15) is 0 Å². The zero-order valence-corrected chi connectivity index (χ0v) is 19.8. The standard InChI is InChI=1S/C24H24Cl2N2O5/c1-15(2)32-19-8-7-16(21(13-19)33-24-20(26)12-18(25)14-28-24)6-4-10-31-23-17(11-22(29)30)5-3-9-27-23/h3,5,7-9,12-15H,4,6,10-11H2,1-2H3,(H,29,30). The average molecular weight is 491 g/mol. The van der Waals surface area contributed by atoms with Gasteiger partial charge in [0.2, 0.25) is 11.8 Å². The number of nitrogens with zero attached hydrogens (tertiary/aromatic N) is 2. The molecule has 0 spiro atoms. The number of aromatic nitrogens is 2. The molecule has 0 unspecified atom stereocenters. The quantitative estimate of drug-likeness (QED) is 0.329. The minimum absolute atomic E-state index is 0.00714. The van der Waals surface area contributed by atoms with E-state index in [0.717, 1.165) is 5.56 Å². The fourth-order valence-electron chi connectivity index (χ4n) is 3.05. The number of carboxylic acids is 1. The van der Waals surface area contributed by atoms with E-state index in [1.807, 2.05) is 26.0 Å². The van der Waals surface area contributed by atoms with Crippen LogP contribution in [0.2, 0.25) is 10.0 Å². The van der Waals surface area contributed by atoms with Gasteiger partial charge >= 0.3 is 5.97 Å². The van der Waals surface area contributed by atoms with E-state index in [-0.39, 0.29) is 18.4 Å². The fourth-order valence-corrected chi connectivity index (χ4v) is 3.46. The van der Waals surface area contributed by atoms with E-state index in [1.165, 1.54) is 6.20 Å². The SMILES string of the molecule is CC(C)Oc1ccc(CCCOc2ncccc2CC(=O)O)c(Oc2ncc(Cl)cc2Cl)c1. The van der Waals surface area contributed by atoms with Crippen LogP contribution < -0.4 is 14.2 Å². The van der Waals surface area contributed by atoms with E-state index >= 15 is 0 Å². The largest absolute Gasteiger partial charge is 0.491 e. The molecule has 2 heterocycles. The van der Waals surface area contributed by atoms with Gasteiger partial charge in [0.1, 0.15) is 16.5 Å². The summed E-state index contributed by atoms with van der Waals surface area (Å²) in [6.45, 7) is 4.24. The second-order valence-electron chi connectivity index (χ2n) is 7.47.